The number of nitrogens with two attached hydrogens (primary N) is 1. The molecule has 1 nitrogen and oxygen atoms in total. The monoisotopic (exact) mass is 185 g/mol. The van der Waals surface area contributed by atoms with Gasteiger partial charge in [0, 0.05) is 0 Å². The van der Waals surface area contributed by atoms with Crippen LogP contribution in [0.3, 0.4) is 0 Å². The molecule has 0 radical (unpaired) electrons. The van der Waals surface area contributed by atoms with Crippen LogP contribution in [0.2, 0.25) is 0 Å². The third-order valence-electron chi connectivity index (χ3n) is 2.52. The Morgan fingerprint density at radius 3 is 2.08 bits per heavy atom. The predicted octanol–water partition coefficient (Wildman–Crippen LogP) is 3.58. The van der Waals surface area contributed by atoms with Crippen molar-refractivity contribution in [3.05, 3.63) is 0 Å². The molecule has 0 aromatic rings. The fraction of sp³-hybridized carbons (Fsp3) is 1.00. The number of hydrogen-bond acceptors (Lipinski definition) is 1. The van der Waals surface area contributed by atoms with Crippen molar-refractivity contribution in [2.75, 3.05) is 6.54 Å². The highest BCUT2D eigenvalue weighted by atomic mass is 14.5. The Hall–Kier alpha value is -0.0400. The molecule has 0 fully saturated rings. The summed E-state index contributed by atoms with van der Waals surface area (Å²) in [7, 11) is 0. The SMILES string of the molecule is CC(C)CC(C)CCCCCCN. The van der Waals surface area contributed by atoms with Crippen molar-refractivity contribution in [1.82, 2.24) is 0 Å². The molecule has 0 aromatic carbocycles. The maximum Gasteiger partial charge on any atom is -0.00773 e. The van der Waals surface area contributed by atoms with Crippen molar-refractivity contribution < 1.29 is 0 Å². The summed E-state index contributed by atoms with van der Waals surface area (Å²) in [5.74, 6) is 1.77. The molecule has 1 atom stereocenters. The molecule has 2 N–H and O–H groups in total. The van der Waals surface area contributed by atoms with Crippen molar-refractivity contribution in [2.45, 2.75) is 59.3 Å². The lowest BCUT2D eigenvalue weighted by atomic mass is 9.93. The van der Waals surface area contributed by atoms with E-state index in [4.69, 9.17) is 5.73 Å². The number of unbranched alkanes of at least 4 members (excludes halogenated alkanes) is 3. The molecule has 0 rings (SSSR count). The van der Waals surface area contributed by atoms with Crippen molar-refractivity contribution in [1.29, 1.82) is 0 Å². The molecule has 0 aromatic heterocycles. The van der Waals surface area contributed by atoms with E-state index in [1.54, 1.807) is 0 Å². The van der Waals surface area contributed by atoms with Crippen LogP contribution in [0, 0.1) is 11.8 Å². The predicted molar refractivity (Wildman–Crippen MR) is 60.8 cm³/mol. The van der Waals surface area contributed by atoms with Gasteiger partial charge in [0.1, 0.15) is 0 Å². The summed E-state index contributed by atoms with van der Waals surface area (Å²) in [6.45, 7) is 7.86. The van der Waals surface area contributed by atoms with Gasteiger partial charge in [-0.05, 0) is 31.2 Å². The Bertz CT molecular complexity index is 99.3. The van der Waals surface area contributed by atoms with Gasteiger partial charge in [0.05, 0.1) is 0 Å². The molecule has 13 heavy (non-hydrogen) atoms. The maximum atomic E-state index is 5.44. The van der Waals surface area contributed by atoms with E-state index in [2.05, 4.69) is 20.8 Å². The summed E-state index contributed by atoms with van der Waals surface area (Å²) >= 11 is 0. The molecule has 0 saturated carbocycles. The van der Waals surface area contributed by atoms with E-state index in [0.29, 0.717) is 0 Å². The fourth-order valence-electron chi connectivity index (χ4n) is 1.91. The van der Waals surface area contributed by atoms with Crippen molar-refractivity contribution >= 4 is 0 Å². The van der Waals surface area contributed by atoms with Crippen LogP contribution in [0.1, 0.15) is 59.3 Å². The Kier molecular flexibility index (Phi) is 8.53. The van der Waals surface area contributed by atoms with E-state index < -0.39 is 0 Å². The Morgan fingerprint density at radius 1 is 0.923 bits per heavy atom. The first-order valence-corrected chi connectivity index (χ1v) is 5.87. The van der Waals surface area contributed by atoms with E-state index >= 15 is 0 Å². The highest BCUT2D eigenvalue weighted by molar-refractivity contribution is 4.56. The van der Waals surface area contributed by atoms with E-state index in [9.17, 15) is 0 Å². The summed E-state index contributed by atoms with van der Waals surface area (Å²) in [6.07, 6.45) is 8.09. The zero-order valence-electron chi connectivity index (χ0n) is 9.68. The number of hydrogen-bond donors (Lipinski definition) is 1. The van der Waals surface area contributed by atoms with Crippen LogP contribution in [-0.4, -0.2) is 6.54 Å². The third kappa shape index (κ3) is 9.88. The lowest BCUT2D eigenvalue weighted by Crippen LogP contribution is -2.01. The summed E-state index contributed by atoms with van der Waals surface area (Å²) < 4.78 is 0. The molecule has 0 amide bonds. The molecule has 1 heteroatoms. The second kappa shape index (κ2) is 8.55. The molecule has 0 saturated heterocycles. The van der Waals surface area contributed by atoms with Gasteiger partial charge in [-0.15, -0.1) is 0 Å². The van der Waals surface area contributed by atoms with Gasteiger partial charge in [0.2, 0.25) is 0 Å². The van der Waals surface area contributed by atoms with Gasteiger partial charge in [-0.1, -0.05) is 46.5 Å². The third-order valence-corrected chi connectivity index (χ3v) is 2.52. The van der Waals surface area contributed by atoms with Gasteiger partial charge in [0.25, 0.3) is 0 Å². The quantitative estimate of drug-likeness (QED) is 0.575. The van der Waals surface area contributed by atoms with Gasteiger partial charge >= 0.3 is 0 Å². The van der Waals surface area contributed by atoms with Gasteiger partial charge in [-0.25, -0.2) is 0 Å². The molecular weight excluding hydrogens is 158 g/mol. The van der Waals surface area contributed by atoms with Gasteiger partial charge < -0.3 is 5.73 Å². The summed E-state index contributed by atoms with van der Waals surface area (Å²) in [5.41, 5.74) is 5.44. The molecule has 0 heterocycles. The first kappa shape index (κ1) is 13.0. The largest absolute Gasteiger partial charge is 0.330 e. The van der Waals surface area contributed by atoms with Crippen molar-refractivity contribution in [3.63, 3.8) is 0 Å². The first-order chi connectivity index (χ1) is 6.16. The minimum absolute atomic E-state index is 0.860. The zero-order valence-corrected chi connectivity index (χ0v) is 9.68. The Labute approximate surface area is 84.1 Å². The molecule has 0 aliphatic heterocycles. The van der Waals surface area contributed by atoms with Crippen LogP contribution in [0.25, 0.3) is 0 Å². The number of rotatable bonds is 8. The van der Waals surface area contributed by atoms with Crippen molar-refractivity contribution in [3.8, 4) is 0 Å². The molecule has 0 bridgehead atoms. The highest BCUT2D eigenvalue weighted by Gasteiger charge is 2.03. The Morgan fingerprint density at radius 2 is 1.54 bits per heavy atom. The van der Waals surface area contributed by atoms with Crippen LogP contribution in [0.15, 0.2) is 0 Å². The normalized spacial score (nSPS) is 13.6. The van der Waals surface area contributed by atoms with Gasteiger partial charge in [-0.3, -0.25) is 0 Å². The summed E-state index contributed by atoms with van der Waals surface area (Å²) in [5, 5.41) is 0. The van der Waals surface area contributed by atoms with E-state index in [-0.39, 0.29) is 0 Å². The van der Waals surface area contributed by atoms with Crippen LogP contribution in [0.4, 0.5) is 0 Å². The average molecular weight is 185 g/mol. The molecule has 1 unspecified atom stereocenters. The van der Waals surface area contributed by atoms with E-state index in [1.807, 2.05) is 0 Å². The smallest absolute Gasteiger partial charge is 0.00773 e. The lowest BCUT2D eigenvalue weighted by molar-refractivity contribution is 0.398. The minimum Gasteiger partial charge on any atom is -0.330 e. The van der Waals surface area contributed by atoms with Crippen LogP contribution >= 0.6 is 0 Å². The van der Waals surface area contributed by atoms with Crippen LogP contribution in [0.5, 0.6) is 0 Å². The molecule has 0 aliphatic carbocycles. The van der Waals surface area contributed by atoms with E-state index in [0.717, 1.165) is 18.4 Å². The molecule has 80 valence electrons. The van der Waals surface area contributed by atoms with E-state index in [1.165, 1.54) is 38.5 Å². The lowest BCUT2D eigenvalue weighted by Gasteiger charge is -2.13. The Balaban J connectivity index is 3.12. The van der Waals surface area contributed by atoms with Crippen LogP contribution < -0.4 is 5.73 Å². The highest BCUT2D eigenvalue weighted by Crippen LogP contribution is 2.17. The average Bonchev–Trinajstić information content (AvgIpc) is 2.02. The summed E-state index contributed by atoms with van der Waals surface area (Å²) in [4.78, 5) is 0. The second-order valence-corrected chi connectivity index (χ2v) is 4.73. The van der Waals surface area contributed by atoms with Crippen LogP contribution in [-0.2, 0) is 0 Å². The standard InChI is InChI=1S/C12H27N/c1-11(2)10-12(3)8-6-4-5-7-9-13/h11-12H,4-10,13H2,1-3H3. The summed E-state index contributed by atoms with van der Waals surface area (Å²) in [6, 6.07) is 0. The second-order valence-electron chi connectivity index (χ2n) is 4.73. The van der Waals surface area contributed by atoms with Crippen molar-refractivity contribution in [2.24, 2.45) is 17.6 Å². The van der Waals surface area contributed by atoms with Gasteiger partial charge in [-0.2, -0.15) is 0 Å². The fourth-order valence-corrected chi connectivity index (χ4v) is 1.91. The zero-order chi connectivity index (χ0) is 10.1. The topological polar surface area (TPSA) is 26.0 Å². The van der Waals surface area contributed by atoms with Gasteiger partial charge in [0.15, 0.2) is 0 Å². The molecular formula is C12H27N. The first-order valence-electron chi connectivity index (χ1n) is 5.87. The molecule has 0 spiro atoms. The minimum atomic E-state index is 0.860. The molecule has 0 aliphatic rings. The maximum absolute atomic E-state index is 5.44.